The third-order valence-electron chi connectivity index (χ3n) is 2.40. The van der Waals surface area contributed by atoms with E-state index in [2.05, 4.69) is 34.3 Å². The molecule has 0 aliphatic heterocycles. The highest BCUT2D eigenvalue weighted by molar-refractivity contribution is 6.76. The molecule has 0 amide bonds. The highest BCUT2D eigenvalue weighted by Gasteiger charge is 2.17. The van der Waals surface area contributed by atoms with Gasteiger partial charge in [0.2, 0.25) is 5.82 Å². The van der Waals surface area contributed by atoms with E-state index in [9.17, 15) is 4.79 Å². The number of hydrogen-bond acceptors (Lipinski definition) is 6. The first-order valence-corrected chi connectivity index (χ1v) is 9.70. The number of nitrogens with zero attached hydrogens (tertiary/aromatic N) is 2. The number of hydrogen-bond donors (Lipinski definition) is 0. The van der Waals surface area contributed by atoms with E-state index in [0.29, 0.717) is 12.4 Å². The zero-order valence-electron chi connectivity index (χ0n) is 12.0. The van der Waals surface area contributed by atoms with Crippen molar-refractivity contribution in [2.75, 3.05) is 20.8 Å². The van der Waals surface area contributed by atoms with Crippen molar-refractivity contribution in [2.45, 2.75) is 25.7 Å². The van der Waals surface area contributed by atoms with Crippen molar-refractivity contribution in [3.05, 3.63) is 12.0 Å². The molecule has 0 spiro atoms. The van der Waals surface area contributed by atoms with E-state index in [4.69, 9.17) is 9.47 Å². The van der Waals surface area contributed by atoms with E-state index in [1.54, 1.807) is 0 Å². The maximum atomic E-state index is 11.4. The van der Waals surface area contributed by atoms with Gasteiger partial charge in [-0.25, -0.2) is 9.78 Å². The molecule has 19 heavy (non-hydrogen) atoms. The number of carbonyl (C=O) groups excluding carboxylic acids is 1. The monoisotopic (exact) mass is 284 g/mol. The van der Waals surface area contributed by atoms with E-state index in [-0.39, 0.29) is 11.7 Å². The Labute approximate surface area is 114 Å². The van der Waals surface area contributed by atoms with Crippen molar-refractivity contribution in [1.82, 2.24) is 9.97 Å². The summed E-state index contributed by atoms with van der Waals surface area (Å²) in [5.74, 6) is 0.0448. The Morgan fingerprint density at radius 1 is 1.32 bits per heavy atom. The van der Waals surface area contributed by atoms with Gasteiger partial charge in [0.25, 0.3) is 5.88 Å². The van der Waals surface area contributed by atoms with Gasteiger partial charge in [-0.3, -0.25) is 0 Å². The topological polar surface area (TPSA) is 70.5 Å². The molecule has 0 radical (unpaired) electrons. The molecule has 0 N–H and O–H groups in total. The number of aromatic nitrogens is 2. The van der Waals surface area contributed by atoms with E-state index >= 15 is 0 Å². The molecule has 1 aromatic rings. The first-order chi connectivity index (χ1) is 8.87. The van der Waals surface area contributed by atoms with E-state index in [1.807, 2.05) is 0 Å². The molecule has 0 bridgehead atoms. The molecule has 0 fully saturated rings. The van der Waals surface area contributed by atoms with Crippen LogP contribution in [0.4, 0.5) is 0 Å². The van der Waals surface area contributed by atoms with Crippen LogP contribution in [0.15, 0.2) is 6.20 Å². The molecule has 106 valence electrons. The largest absolute Gasteiger partial charge is 0.490 e. The quantitative estimate of drug-likeness (QED) is 0.587. The summed E-state index contributed by atoms with van der Waals surface area (Å²) in [4.78, 5) is 19.2. The zero-order chi connectivity index (χ0) is 14.5. The van der Waals surface area contributed by atoms with Crippen LogP contribution in [-0.4, -0.2) is 44.8 Å². The molecule has 6 nitrogen and oxygen atoms in total. The van der Waals surface area contributed by atoms with E-state index in [1.165, 1.54) is 20.4 Å². The van der Waals surface area contributed by atoms with Crippen LogP contribution >= 0.6 is 0 Å². The van der Waals surface area contributed by atoms with Crippen LogP contribution in [0.2, 0.25) is 25.7 Å². The van der Waals surface area contributed by atoms with Crippen molar-refractivity contribution in [3.8, 4) is 11.6 Å². The summed E-state index contributed by atoms with van der Waals surface area (Å²) in [5, 5.41) is 0. The van der Waals surface area contributed by atoms with Crippen molar-refractivity contribution in [1.29, 1.82) is 0 Å². The number of methoxy groups -OCH3 is 2. The van der Waals surface area contributed by atoms with Gasteiger partial charge in [-0.1, -0.05) is 19.6 Å². The molecule has 0 saturated carbocycles. The van der Waals surface area contributed by atoms with Crippen LogP contribution in [0.5, 0.6) is 11.6 Å². The third-order valence-corrected chi connectivity index (χ3v) is 4.11. The Kier molecular flexibility index (Phi) is 5.28. The molecule has 0 aliphatic rings. The van der Waals surface area contributed by atoms with Crippen molar-refractivity contribution in [3.63, 3.8) is 0 Å². The molecule has 0 aromatic carbocycles. The second kappa shape index (κ2) is 6.51. The SMILES string of the molecule is COC(=O)c1ncc(OC)c(OCC[Si](C)(C)C)n1. The van der Waals surface area contributed by atoms with Gasteiger partial charge in [-0.05, 0) is 6.04 Å². The second-order valence-corrected chi connectivity index (χ2v) is 10.8. The maximum Gasteiger partial charge on any atom is 0.376 e. The third kappa shape index (κ3) is 4.86. The minimum Gasteiger partial charge on any atom is -0.490 e. The average molecular weight is 284 g/mol. The highest BCUT2D eigenvalue weighted by Crippen LogP contribution is 2.23. The summed E-state index contributed by atoms with van der Waals surface area (Å²) in [5.41, 5.74) is 0. The van der Waals surface area contributed by atoms with Gasteiger partial charge in [-0.2, -0.15) is 4.98 Å². The zero-order valence-corrected chi connectivity index (χ0v) is 13.0. The first kappa shape index (κ1) is 15.4. The van der Waals surface area contributed by atoms with Crippen LogP contribution in [0.1, 0.15) is 10.6 Å². The fourth-order valence-corrected chi connectivity index (χ4v) is 1.96. The van der Waals surface area contributed by atoms with Gasteiger partial charge in [-0.15, -0.1) is 0 Å². The molecule has 0 saturated heterocycles. The van der Waals surface area contributed by atoms with Crippen LogP contribution in [-0.2, 0) is 4.74 Å². The Bertz CT molecular complexity index is 446. The predicted molar refractivity (Wildman–Crippen MR) is 73.6 cm³/mol. The lowest BCUT2D eigenvalue weighted by Gasteiger charge is -2.16. The Morgan fingerprint density at radius 3 is 2.53 bits per heavy atom. The summed E-state index contributed by atoms with van der Waals surface area (Å²) in [6.07, 6.45) is 1.41. The number of rotatable bonds is 6. The van der Waals surface area contributed by atoms with Gasteiger partial charge in [0, 0.05) is 8.07 Å². The Morgan fingerprint density at radius 2 is 2.00 bits per heavy atom. The Balaban J connectivity index is 2.81. The van der Waals surface area contributed by atoms with Crippen LogP contribution in [0.25, 0.3) is 0 Å². The number of esters is 1. The number of carbonyl (C=O) groups is 1. The van der Waals surface area contributed by atoms with Crippen molar-refractivity contribution < 1.29 is 19.0 Å². The minimum absolute atomic E-state index is 0.0358. The van der Waals surface area contributed by atoms with E-state index < -0.39 is 14.0 Å². The fourth-order valence-electron chi connectivity index (χ4n) is 1.24. The second-order valence-electron chi connectivity index (χ2n) is 5.22. The number of ether oxygens (including phenoxy) is 3. The molecule has 1 aromatic heterocycles. The van der Waals surface area contributed by atoms with Crippen molar-refractivity contribution >= 4 is 14.0 Å². The average Bonchev–Trinajstić information content (AvgIpc) is 2.36. The van der Waals surface area contributed by atoms with Crippen molar-refractivity contribution in [2.24, 2.45) is 0 Å². The molecular formula is C12H20N2O4Si. The first-order valence-electron chi connectivity index (χ1n) is 5.99. The lowest BCUT2D eigenvalue weighted by Crippen LogP contribution is -2.23. The van der Waals surface area contributed by atoms with Crippen LogP contribution in [0.3, 0.4) is 0 Å². The smallest absolute Gasteiger partial charge is 0.376 e. The molecule has 1 heterocycles. The molecule has 0 aliphatic carbocycles. The predicted octanol–water partition coefficient (Wildman–Crippen LogP) is 1.99. The standard InChI is InChI=1S/C12H20N2O4Si/c1-16-9-8-13-10(12(15)17-2)14-11(9)18-6-7-19(3,4)5/h8H,6-7H2,1-5H3. The summed E-state index contributed by atoms with van der Waals surface area (Å²) in [6, 6.07) is 0.994. The lowest BCUT2D eigenvalue weighted by molar-refractivity contribution is 0.0585. The van der Waals surface area contributed by atoms with Crippen LogP contribution in [0, 0.1) is 0 Å². The summed E-state index contributed by atoms with van der Waals surface area (Å²) in [6.45, 7) is 7.32. The van der Waals surface area contributed by atoms with Gasteiger partial charge in [0.05, 0.1) is 27.0 Å². The van der Waals surface area contributed by atoms with Gasteiger partial charge in [0.1, 0.15) is 0 Å². The van der Waals surface area contributed by atoms with Gasteiger partial charge in [0.15, 0.2) is 5.75 Å². The molecule has 1 rings (SSSR count). The van der Waals surface area contributed by atoms with Crippen LogP contribution < -0.4 is 9.47 Å². The maximum absolute atomic E-state index is 11.4. The summed E-state index contributed by atoms with van der Waals surface area (Å²) >= 11 is 0. The molecular weight excluding hydrogens is 264 g/mol. The minimum atomic E-state index is -1.18. The molecule has 7 heteroatoms. The highest BCUT2D eigenvalue weighted by atomic mass is 28.3. The summed E-state index contributed by atoms with van der Waals surface area (Å²) < 4.78 is 15.3. The lowest BCUT2D eigenvalue weighted by atomic mass is 10.5. The summed E-state index contributed by atoms with van der Waals surface area (Å²) in [7, 11) is 1.60. The normalized spacial score (nSPS) is 11.0. The Hall–Kier alpha value is -1.63. The fraction of sp³-hybridized carbons (Fsp3) is 0.583. The van der Waals surface area contributed by atoms with Gasteiger partial charge < -0.3 is 14.2 Å². The van der Waals surface area contributed by atoms with E-state index in [0.717, 1.165) is 6.04 Å². The molecule has 0 unspecified atom stereocenters. The van der Waals surface area contributed by atoms with Gasteiger partial charge >= 0.3 is 5.97 Å². The molecule has 0 atom stereocenters.